The van der Waals surface area contributed by atoms with Gasteiger partial charge in [-0.3, -0.25) is 0 Å². The Morgan fingerprint density at radius 1 is 1.36 bits per heavy atom. The highest BCUT2D eigenvalue weighted by Gasteiger charge is 2.14. The van der Waals surface area contributed by atoms with Crippen molar-refractivity contribution in [1.82, 2.24) is 15.5 Å². The van der Waals surface area contributed by atoms with E-state index in [0.717, 1.165) is 13.0 Å². The topological polar surface area (TPSA) is 37.8 Å². The van der Waals surface area contributed by atoms with Crippen molar-refractivity contribution in [1.29, 1.82) is 0 Å². The van der Waals surface area contributed by atoms with Gasteiger partial charge < -0.3 is 5.32 Å². The highest BCUT2D eigenvalue weighted by Crippen LogP contribution is 2.19. The average molecular weight is 193 g/mol. The van der Waals surface area contributed by atoms with Crippen molar-refractivity contribution in [2.24, 2.45) is 5.92 Å². The first-order chi connectivity index (χ1) is 6.75. The SMILES string of the molecule is CCCNC(c1ccnnc1)C(C)C. The molecule has 1 rings (SSSR count). The molecule has 14 heavy (non-hydrogen) atoms. The highest BCUT2D eigenvalue weighted by molar-refractivity contribution is 5.12. The molecule has 1 N–H and O–H groups in total. The van der Waals surface area contributed by atoms with Crippen molar-refractivity contribution < 1.29 is 0 Å². The number of hydrogen-bond donors (Lipinski definition) is 1. The van der Waals surface area contributed by atoms with Gasteiger partial charge in [0.05, 0.1) is 6.20 Å². The normalized spacial score (nSPS) is 13.1. The van der Waals surface area contributed by atoms with Gasteiger partial charge in [-0.2, -0.15) is 10.2 Å². The molecule has 0 saturated carbocycles. The molecule has 1 atom stereocenters. The maximum Gasteiger partial charge on any atom is 0.0544 e. The molecule has 0 fully saturated rings. The van der Waals surface area contributed by atoms with E-state index in [2.05, 4.69) is 36.3 Å². The van der Waals surface area contributed by atoms with Gasteiger partial charge in [0.2, 0.25) is 0 Å². The van der Waals surface area contributed by atoms with Gasteiger partial charge in [-0.1, -0.05) is 20.8 Å². The lowest BCUT2D eigenvalue weighted by molar-refractivity contribution is 0.411. The van der Waals surface area contributed by atoms with Crippen LogP contribution >= 0.6 is 0 Å². The highest BCUT2D eigenvalue weighted by atomic mass is 15.1. The second-order valence-corrected chi connectivity index (χ2v) is 3.85. The molecule has 0 spiro atoms. The molecule has 0 aliphatic rings. The first kappa shape index (κ1) is 11.1. The molecule has 1 aromatic heterocycles. The molecular weight excluding hydrogens is 174 g/mol. The Morgan fingerprint density at radius 3 is 2.64 bits per heavy atom. The summed E-state index contributed by atoms with van der Waals surface area (Å²) in [5.74, 6) is 0.575. The molecule has 3 nitrogen and oxygen atoms in total. The van der Waals surface area contributed by atoms with E-state index < -0.39 is 0 Å². The van der Waals surface area contributed by atoms with Gasteiger partial charge in [0.25, 0.3) is 0 Å². The third-order valence-electron chi connectivity index (χ3n) is 2.25. The van der Waals surface area contributed by atoms with E-state index >= 15 is 0 Å². The molecule has 1 aromatic rings. The quantitative estimate of drug-likeness (QED) is 0.778. The molecule has 0 saturated heterocycles. The molecular formula is C11H19N3. The predicted molar refractivity (Wildman–Crippen MR) is 57.9 cm³/mol. The fraction of sp³-hybridized carbons (Fsp3) is 0.636. The molecule has 0 bridgehead atoms. The van der Waals surface area contributed by atoms with Gasteiger partial charge >= 0.3 is 0 Å². The largest absolute Gasteiger partial charge is 0.310 e. The fourth-order valence-electron chi connectivity index (χ4n) is 1.52. The number of nitrogens with zero attached hydrogens (tertiary/aromatic N) is 2. The number of aromatic nitrogens is 2. The van der Waals surface area contributed by atoms with Gasteiger partial charge in [-0.05, 0) is 30.5 Å². The zero-order valence-electron chi connectivity index (χ0n) is 9.20. The molecule has 3 heteroatoms. The van der Waals surface area contributed by atoms with Crippen LogP contribution in [0.15, 0.2) is 18.5 Å². The second-order valence-electron chi connectivity index (χ2n) is 3.85. The van der Waals surface area contributed by atoms with Crippen LogP contribution in [0.1, 0.15) is 38.8 Å². The third-order valence-corrected chi connectivity index (χ3v) is 2.25. The zero-order valence-corrected chi connectivity index (χ0v) is 9.20. The molecule has 0 amide bonds. The van der Waals surface area contributed by atoms with E-state index in [-0.39, 0.29) is 0 Å². The monoisotopic (exact) mass is 193 g/mol. The van der Waals surface area contributed by atoms with E-state index in [1.807, 2.05) is 12.3 Å². The van der Waals surface area contributed by atoms with Crippen LogP contribution in [-0.2, 0) is 0 Å². The Morgan fingerprint density at radius 2 is 2.14 bits per heavy atom. The van der Waals surface area contributed by atoms with E-state index in [1.165, 1.54) is 5.56 Å². The Balaban J connectivity index is 2.68. The van der Waals surface area contributed by atoms with Crippen LogP contribution < -0.4 is 5.32 Å². The summed E-state index contributed by atoms with van der Waals surface area (Å²) in [5.41, 5.74) is 1.23. The maximum atomic E-state index is 3.91. The van der Waals surface area contributed by atoms with Crippen molar-refractivity contribution in [3.05, 3.63) is 24.0 Å². The van der Waals surface area contributed by atoms with E-state index in [9.17, 15) is 0 Å². The fourth-order valence-corrected chi connectivity index (χ4v) is 1.52. The van der Waals surface area contributed by atoms with E-state index in [0.29, 0.717) is 12.0 Å². The van der Waals surface area contributed by atoms with Crippen LogP contribution in [0.3, 0.4) is 0 Å². The summed E-state index contributed by atoms with van der Waals surface area (Å²) < 4.78 is 0. The Kier molecular flexibility index (Phi) is 4.53. The summed E-state index contributed by atoms with van der Waals surface area (Å²) in [7, 11) is 0. The predicted octanol–water partition coefficient (Wildman–Crippen LogP) is 2.17. The molecule has 0 radical (unpaired) electrons. The lowest BCUT2D eigenvalue weighted by atomic mass is 9.98. The minimum Gasteiger partial charge on any atom is -0.310 e. The second kappa shape index (κ2) is 5.70. The zero-order chi connectivity index (χ0) is 10.4. The van der Waals surface area contributed by atoms with Gasteiger partial charge in [0.15, 0.2) is 0 Å². The third kappa shape index (κ3) is 3.07. The van der Waals surface area contributed by atoms with Crippen molar-refractivity contribution in [3.63, 3.8) is 0 Å². The number of nitrogens with one attached hydrogen (secondary N) is 1. The van der Waals surface area contributed by atoms with Gasteiger partial charge in [0, 0.05) is 12.2 Å². The Hall–Kier alpha value is -0.960. The van der Waals surface area contributed by atoms with Crippen molar-refractivity contribution in [2.45, 2.75) is 33.2 Å². The minimum atomic E-state index is 0.394. The van der Waals surface area contributed by atoms with Crippen molar-refractivity contribution in [2.75, 3.05) is 6.54 Å². The van der Waals surface area contributed by atoms with Crippen LogP contribution in [0.5, 0.6) is 0 Å². The lowest BCUT2D eigenvalue weighted by Gasteiger charge is -2.22. The maximum absolute atomic E-state index is 3.91. The standard InChI is InChI=1S/C11H19N3/c1-4-6-12-11(9(2)3)10-5-7-13-14-8-10/h5,7-9,11-12H,4,6H2,1-3H3. The lowest BCUT2D eigenvalue weighted by Crippen LogP contribution is -2.26. The Bertz CT molecular complexity index is 246. The average Bonchev–Trinajstić information content (AvgIpc) is 2.19. The summed E-state index contributed by atoms with van der Waals surface area (Å²) in [6.07, 6.45) is 4.74. The summed E-state index contributed by atoms with van der Waals surface area (Å²) >= 11 is 0. The molecule has 0 aromatic carbocycles. The van der Waals surface area contributed by atoms with Crippen molar-refractivity contribution in [3.8, 4) is 0 Å². The molecule has 0 aliphatic heterocycles. The molecule has 1 unspecified atom stereocenters. The molecule has 0 aliphatic carbocycles. The number of rotatable bonds is 5. The van der Waals surface area contributed by atoms with E-state index in [1.54, 1.807) is 6.20 Å². The summed E-state index contributed by atoms with van der Waals surface area (Å²) in [6.45, 7) is 7.65. The van der Waals surface area contributed by atoms with Gasteiger partial charge in [-0.25, -0.2) is 0 Å². The summed E-state index contributed by atoms with van der Waals surface area (Å²) in [5, 5.41) is 11.2. The minimum absolute atomic E-state index is 0.394. The summed E-state index contributed by atoms with van der Waals surface area (Å²) in [6, 6.07) is 2.42. The van der Waals surface area contributed by atoms with Crippen LogP contribution in [0.25, 0.3) is 0 Å². The molecule has 78 valence electrons. The van der Waals surface area contributed by atoms with Crippen LogP contribution in [0.4, 0.5) is 0 Å². The van der Waals surface area contributed by atoms with E-state index in [4.69, 9.17) is 0 Å². The van der Waals surface area contributed by atoms with Gasteiger partial charge in [0.1, 0.15) is 0 Å². The van der Waals surface area contributed by atoms with Crippen molar-refractivity contribution >= 4 is 0 Å². The Labute approximate surface area is 85.9 Å². The van der Waals surface area contributed by atoms with Crippen LogP contribution in [0.2, 0.25) is 0 Å². The first-order valence-corrected chi connectivity index (χ1v) is 5.25. The molecule has 1 heterocycles. The smallest absolute Gasteiger partial charge is 0.0544 e. The number of hydrogen-bond acceptors (Lipinski definition) is 3. The first-order valence-electron chi connectivity index (χ1n) is 5.25. The van der Waals surface area contributed by atoms with Crippen LogP contribution in [0, 0.1) is 5.92 Å². The van der Waals surface area contributed by atoms with Gasteiger partial charge in [-0.15, -0.1) is 0 Å². The van der Waals surface area contributed by atoms with Crippen LogP contribution in [-0.4, -0.2) is 16.7 Å². The summed E-state index contributed by atoms with van der Waals surface area (Å²) in [4.78, 5) is 0.